The molecule has 0 saturated heterocycles. The first-order valence-electron chi connectivity index (χ1n) is 8.26. The van der Waals surface area contributed by atoms with Crippen molar-refractivity contribution in [1.82, 2.24) is 0 Å². The number of hydrogen-bond acceptors (Lipinski definition) is 4. The number of hydrogen-bond donors (Lipinski definition) is 2. The van der Waals surface area contributed by atoms with E-state index >= 15 is 0 Å². The zero-order chi connectivity index (χ0) is 18.7. The molecule has 26 heavy (non-hydrogen) atoms. The fourth-order valence-corrected chi connectivity index (χ4v) is 2.78. The molecule has 3 aromatic carbocycles. The lowest BCUT2D eigenvalue weighted by atomic mass is 9.98. The third-order valence-corrected chi connectivity index (χ3v) is 4.27. The quantitative estimate of drug-likeness (QED) is 0.534. The zero-order valence-electron chi connectivity index (χ0n) is 14.4. The number of ketones is 2. The highest BCUT2D eigenvalue weighted by Gasteiger charge is 2.12. The van der Waals surface area contributed by atoms with Crippen LogP contribution in [0.15, 0.2) is 66.7 Å². The van der Waals surface area contributed by atoms with Crippen LogP contribution in [0.5, 0.6) is 5.75 Å². The van der Waals surface area contributed by atoms with Crippen molar-refractivity contribution < 1.29 is 14.7 Å². The highest BCUT2D eigenvalue weighted by atomic mass is 16.3. The van der Waals surface area contributed by atoms with Gasteiger partial charge in [-0.1, -0.05) is 48.5 Å². The third kappa shape index (κ3) is 3.81. The van der Waals surface area contributed by atoms with Crippen molar-refractivity contribution in [2.45, 2.75) is 13.3 Å². The molecule has 0 amide bonds. The monoisotopic (exact) mass is 345 g/mol. The second-order valence-electron chi connectivity index (χ2n) is 6.21. The molecule has 3 N–H and O–H groups in total. The Bertz CT molecular complexity index is 958. The second kappa shape index (κ2) is 7.23. The highest BCUT2D eigenvalue weighted by molar-refractivity contribution is 6.00. The number of benzene rings is 3. The van der Waals surface area contributed by atoms with E-state index in [1.807, 2.05) is 36.4 Å². The van der Waals surface area contributed by atoms with Crippen LogP contribution in [0.25, 0.3) is 11.1 Å². The van der Waals surface area contributed by atoms with E-state index in [0.29, 0.717) is 11.3 Å². The molecule has 0 heterocycles. The van der Waals surface area contributed by atoms with Gasteiger partial charge in [0.25, 0.3) is 0 Å². The van der Waals surface area contributed by atoms with Gasteiger partial charge >= 0.3 is 0 Å². The van der Waals surface area contributed by atoms with Crippen molar-refractivity contribution in [1.29, 1.82) is 0 Å². The molecule has 0 fully saturated rings. The second-order valence-corrected chi connectivity index (χ2v) is 6.21. The topological polar surface area (TPSA) is 80.4 Å². The van der Waals surface area contributed by atoms with Gasteiger partial charge in [-0.05, 0) is 35.7 Å². The van der Waals surface area contributed by atoms with Crippen LogP contribution < -0.4 is 5.73 Å². The number of nitrogen functional groups attached to an aromatic ring is 1. The first kappa shape index (κ1) is 17.4. The van der Waals surface area contributed by atoms with Gasteiger partial charge in [-0.25, -0.2) is 0 Å². The summed E-state index contributed by atoms with van der Waals surface area (Å²) in [5.41, 5.74) is 9.82. The van der Waals surface area contributed by atoms with Crippen LogP contribution in [-0.4, -0.2) is 16.7 Å². The van der Waals surface area contributed by atoms with Crippen LogP contribution in [0.3, 0.4) is 0 Å². The SMILES string of the molecule is CC(=O)c1ccc(-c2ccc(CC(=O)c3ccc(N)cc3O)cc2)cc1. The molecule has 4 nitrogen and oxygen atoms in total. The lowest BCUT2D eigenvalue weighted by Gasteiger charge is -2.07. The van der Waals surface area contributed by atoms with E-state index in [1.54, 1.807) is 25.1 Å². The Morgan fingerprint density at radius 3 is 2.00 bits per heavy atom. The molecule has 0 atom stereocenters. The van der Waals surface area contributed by atoms with Crippen molar-refractivity contribution in [3.05, 3.63) is 83.4 Å². The predicted molar refractivity (Wildman–Crippen MR) is 102 cm³/mol. The highest BCUT2D eigenvalue weighted by Crippen LogP contribution is 2.24. The number of aromatic hydroxyl groups is 1. The Labute approximate surface area is 151 Å². The van der Waals surface area contributed by atoms with Crippen molar-refractivity contribution in [2.75, 3.05) is 5.73 Å². The van der Waals surface area contributed by atoms with Gasteiger partial charge in [0.2, 0.25) is 0 Å². The van der Waals surface area contributed by atoms with E-state index in [0.717, 1.165) is 16.7 Å². The van der Waals surface area contributed by atoms with Gasteiger partial charge in [-0.2, -0.15) is 0 Å². The smallest absolute Gasteiger partial charge is 0.170 e. The summed E-state index contributed by atoms with van der Waals surface area (Å²) in [6.45, 7) is 1.54. The molecule has 3 rings (SSSR count). The molecular formula is C22H19NO3. The molecule has 0 aliphatic heterocycles. The molecule has 0 aliphatic rings. The van der Waals surface area contributed by atoms with E-state index in [-0.39, 0.29) is 29.3 Å². The molecule has 0 spiro atoms. The fourth-order valence-electron chi connectivity index (χ4n) is 2.78. The van der Waals surface area contributed by atoms with E-state index in [1.165, 1.54) is 12.1 Å². The van der Waals surface area contributed by atoms with Crippen LogP contribution in [0.2, 0.25) is 0 Å². The van der Waals surface area contributed by atoms with Crippen molar-refractivity contribution >= 4 is 17.3 Å². The summed E-state index contributed by atoms with van der Waals surface area (Å²) >= 11 is 0. The Hall–Kier alpha value is -3.40. The average molecular weight is 345 g/mol. The maximum atomic E-state index is 12.4. The van der Waals surface area contributed by atoms with Gasteiger partial charge in [-0.3, -0.25) is 9.59 Å². The predicted octanol–water partition coefficient (Wildman–Crippen LogP) is 4.27. The number of anilines is 1. The molecule has 0 aromatic heterocycles. The van der Waals surface area contributed by atoms with E-state index in [9.17, 15) is 14.7 Å². The van der Waals surface area contributed by atoms with Gasteiger partial charge in [0.05, 0.1) is 5.56 Å². The lowest BCUT2D eigenvalue weighted by Crippen LogP contribution is -2.04. The maximum absolute atomic E-state index is 12.4. The Morgan fingerprint density at radius 2 is 1.46 bits per heavy atom. The maximum Gasteiger partial charge on any atom is 0.170 e. The van der Waals surface area contributed by atoms with Crippen LogP contribution in [0, 0.1) is 0 Å². The molecular weight excluding hydrogens is 326 g/mol. The van der Waals surface area contributed by atoms with Crippen LogP contribution in [0.1, 0.15) is 33.2 Å². The normalized spacial score (nSPS) is 10.5. The van der Waals surface area contributed by atoms with Gasteiger partial charge in [0, 0.05) is 23.7 Å². The molecule has 0 aliphatic carbocycles. The van der Waals surface area contributed by atoms with E-state index in [2.05, 4.69) is 0 Å². The molecule has 0 radical (unpaired) electrons. The molecule has 0 bridgehead atoms. The molecule has 0 unspecified atom stereocenters. The largest absolute Gasteiger partial charge is 0.507 e. The lowest BCUT2D eigenvalue weighted by molar-refractivity contribution is 0.0987. The molecule has 0 saturated carbocycles. The standard InChI is InChI=1S/C22H19NO3/c1-14(24)16-6-8-18(9-7-16)17-4-2-15(3-5-17)12-21(25)20-11-10-19(23)13-22(20)26/h2-11,13,26H,12,23H2,1H3. The molecule has 3 aromatic rings. The number of carbonyl (C=O) groups is 2. The third-order valence-electron chi connectivity index (χ3n) is 4.27. The summed E-state index contributed by atoms with van der Waals surface area (Å²) in [6.07, 6.45) is 0.195. The fraction of sp³-hybridized carbons (Fsp3) is 0.0909. The van der Waals surface area contributed by atoms with Crippen molar-refractivity contribution in [3.8, 4) is 16.9 Å². The van der Waals surface area contributed by atoms with Crippen LogP contribution in [-0.2, 0) is 6.42 Å². The van der Waals surface area contributed by atoms with Crippen molar-refractivity contribution in [2.24, 2.45) is 0 Å². The summed E-state index contributed by atoms with van der Waals surface area (Å²) in [7, 11) is 0. The minimum absolute atomic E-state index is 0.0383. The van der Waals surface area contributed by atoms with Gasteiger partial charge in [-0.15, -0.1) is 0 Å². The van der Waals surface area contributed by atoms with Gasteiger partial charge in [0.15, 0.2) is 11.6 Å². The first-order chi connectivity index (χ1) is 12.4. The van der Waals surface area contributed by atoms with Gasteiger partial charge in [0.1, 0.15) is 5.75 Å². The van der Waals surface area contributed by atoms with Gasteiger partial charge < -0.3 is 10.8 Å². The summed E-state index contributed by atoms with van der Waals surface area (Å²) in [4.78, 5) is 23.7. The number of rotatable bonds is 5. The van der Waals surface area contributed by atoms with Crippen LogP contribution in [0.4, 0.5) is 5.69 Å². The van der Waals surface area contributed by atoms with Crippen molar-refractivity contribution in [3.63, 3.8) is 0 Å². The molecule has 130 valence electrons. The zero-order valence-corrected chi connectivity index (χ0v) is 14.4. The Morgan fingerprint density at radius 1 is 0.885 bits per heavy atom. The minimum Gasteiger partial charge on any atom is -0.507 e. The minimum atomic E-state index is -0.166. The average Bonchev–Trinajstić information content (AvgIpc) is 2.62. The molecule has 4 heteroatoms. The number of phenols is 1. The number of phenolic OH excluding ortho intramolecular Hbond substituents is 1. The summed E-state index contributed by atoms with van der Waals surface area (Å²) in [5.74, 6) is -0.227. The van der Waals surface area contributed by atoms with Crippen LogP contribution >= 0.6 is 0 Å². The number of carbonyl (C=O) groups excluding carboxylic acids is 2. The first-order valence-corrected chi connectivity index (χ1v) is 8.26. The number of nitrogens with two attached hydrogens (primary N) is 1. The summed E-state index contributed by atoms with van der Waals surface area (Å²) in [5, 5.41) is 9.87. The van der Waals surface area contributed by atoms with E-state index < -0.39 is 0 Å². The summed E-state index contributed by atoms with van der Waals surface area (Å²) < 4.78 is 0. The number of Topliss-reactive ketones (excluding diaryl/α,β-unsaturated/α-hetero) is 2. The Kier molecular flexibility index (Phi) is 4.85. The summed E-state index contributed by atoms with van der Waals surface area (Å²) in [6, 6.07) is 19.6. The van der Waals surface area contributed by atoms with E-state index in [4.69, 9.17) is 5.73 Å². The Balaban J connectivity index is 1.75.